The summed E-state index contributed by atoms with van der Waals surface area (Å²) >= 11 is 0. The fourth-order valence-corrected chi connectivity index (χ4v) is 6.55. The molecule has 0 aliphatic carbocycles. The quantitative estimate of drug-likeness (QED) is 0.0414. The molecule has 61 heavy (non-hydrogen) atoms. The molecular weight excluding hydrogens is 815 g/mol. The van der Waals surface area contributed by atoms with Crippen molar-refractivity contribution in [3.05, 3.63) is 130 Å². The van der Waals surface area contributed by atoms with Crippen LogP contribution in [0, 0.1) is 0 Å². The lowest BCUT2D eigenvalue weighted by molar-refractivity contribution is -0.185. The van der Waals surface area contributed by atoms with Gasteiger partial charge >= 0.3 is 14.4 Å². The third kappa shape index (κ3) is 15.0. The second-order valence-corrected chi connectivity index (χ2v) is 14.7. The number of carbonyl (C=O) groups excluding carboxylic acids is 5. The highest BCUT2D eigenvalue weighted by Crippen LogP contribution is 2.37. The van der Waals surface area contributed by atoms with Crippen LogP contribution in [-0.2, 0) is 60.1 Å². The molecule has 4 unspecified atom stereocenters. The van der Waals surface area contributed by atoms with Crippen molar-refractivity contribution in [1.82, 2.24) is 21.3 Å². The number of benzene rings is 4. The molecule has 0 saturated carbocycles. The van der Waals surface area contributed by atoms with E-state index in [4.69, 9.17) is 15.4 Å². The predicted octanol–water partition coefficient (Wildman–Crippen LogP) is 4.25. The number of halogens is 2. The lowest BCUT2D eigenvalue weighted by atomic mass is 10.0. The Bertz CT molecular complexity index is 2140. The number of hydrogen-bond donors (Lipinski definition) is 7. The van der Waals surface area contributed by atoms with Crippen molar-refractivity contribution in [1.29, 1.82) is 0 Å². The summed E-state index contributed by atoms with van der Waals surface area (Å²) in [7, 11) is -2.29. The van der Waals surface area contributed by atoms with Crippen molar-refractivity contribution >= 4 is 37.8 Å². The third-order valence-corrected chi connectivity index (χ3v) is 9.97. The normalized spacial score (nSPS) is 12.9. The smallest absolute Gasteiger partial charge is 0.504 e. The zero-order valence-corrected chi connectivity index (χ0v) is 34.5. The first kappa shape index (κ1) is 47.4. The van der Waals surface area contributed by atoms with E-state index in [1.807, 2.05) is 19.1 Å². The molecule has 5 amide bonds. The summed E-state index contributed by atoms with van der Waals surface area (Å²) in [4.78, 5) is 75.4. The first-order chi connectivity index (χ1) is 29.1. The van der Waals surface area contributed by atoms with Gasteiger partial charge in [-0.25, -0.2) is 0 Å². The minimum atomic E-state index is -4.11. The third-order valence-electron chi connectivity index (χ3n) is 9.59. The molecule has 0 spiro atoms. The van der Waals surface area contributed by atoms with Gasteiger partial charge in [0.2, 0.25) is 23.6 Å². The molecule has 0 bridgehead atoms. The molecule has 0 aliphatic heterocycles. The molecule has 0 aliphatic rings. The van der Waals surface area contributed by atoms with Crippen LogP contribution >= 0.6 is 8.25 Å². The molecule has 0 radical (unpaired) electrons. The molecule has 0 heterocycles. The Kier molecular flexibility index (Phi) is 17.8. The van der Waals surface area contributed by atoms with Crippen molar-refractivity contribution in [2.75, 3.05) is 13.7 Å². The molecule has 15 nitrogen and oxygen atoms in total. The number of rotatable bonds is 23. The number of unbranched alkanes of at least 4 members (excludes halogenated alkanes) is 1. The van der Waals surface area contributed by atoms with Crippen LogP contribution in [0.3, 0.4) is 0 Å². The maximum absolute atomic E-state index is 14.4. The van der Waals surface area contributed by atoms with Gasteiger partial charge in [0.15, 0.2) is 11.5 Å². The highest BCUT2D eigenvalue weighted by molar-refractivity contribution is 7.32. The van der Waals surface area contributed by atoms with Gasteiger partial charge in [0.1, 0.15) is 18.1 Å². The first-order valence-electron chi connectivity index (χ1n) is 19.4. The fraction of sp³-hybridized carbons (Fsp3) is 0.326. The fourth-order valence-electron chi connectivity index (χ4n) is 6.25. The Morgan fingerprint density at radius 3 is 1.93 bits per heavy atom. The van der Waals surface area contributed by atoms with Crippen molar-refractivity contribution in [2.45, 2.75) is 76.1 Å². The van der Waals surface area contributed by atoms with Crippen LogP contribution in [0.2, 0.25) is 0 Å². The van der Waals surface area contributed by atoms with E-state index in [1.54, 1.807) is 42.5 Å². The van der Waals surface area contributed by atoms with E-state index in [1.165, 1.54) is 37.4 Å². The van der Waals surface area contributed by atoms with E-state index >= 15 is 0 Å². The Morgan fingerprint density at radius 1 is 0.770 bits per heavy atom. The molecule has 4 atom stereocenters. The van der Waals surface area contributed by atoms with Crippen LogP contribution in [0.25, 0.3) is 0 Å². The number of methoxy groups -OCH3 is 1. The summed E-state index contributed by atoms with van der Waals surface area (Å²) < 4.78 is 48.7. The van der Waals surface area contributed by atoms with Gasteiger partial charge in [-0.1, -0.05) is 67.6 Å². The Morgan fingerprint density at radius 2 is 1.34 bits per heavy atom. The molecule has 0 saturated heterocycles. The molecule has 4 aromatic carbocycles. The summed E-state index contributed by atoms with van der Waals surface area (Å²) in [5.74, 6) is -3.35. The van der Waals surface area contributed by atoms with Crippen molar-refractivity contribution in [3.8, 4) is 11.5 Å². The zero-order valence-electron chi connectivity index (χ0n) is 33.6. The molecule has 4 rings (SSSR count). The van der Waals surface area contributed by atoms with Gasteiger partial charge in [-0.2, -0.15) is 8.78 Å². The molecule has 0 fully saturated rings. The topological polar surface area (TPSA) is 235 Å². The lowest BCUT2D eigenvalue weighted by Crippen LogP contribution is -2.57. The minimum absolute atomic E-state index is 0.00690. The van der Waals surface area contributed by atoms with Gasteiger partial charge < -0.3 is 36.8 Å². The average Bonchev–Trinajstić information content (AvgIpc) is 3.23. The highest BCUT2D eigenvalue weighted by atomic mass is 31.1. The second-order valence-electron chi connectivity index (χ2n) is 14.1. The number of phenols is 1. The molecule has 8 N–H and O–H groups in total. The number of nitrogens with two attached hydrogens (primary N) is 1. The summed E-state index contributed by atoms with van der Waals surface area (Å²) in [6.45, 7) is 2.28. The van der Waals surface area contributed by atoms with Crippen molar-refractivity contribution < 1.29 is 56.6 Å². The lowest BCUT2D eigenvalue weighted by Gasteiger charge is -2.25. The minimum Gasteiger partial charge on any atom is -0.504 e. The average molecular weight is 865 g/mol. The van der Waals surface area contributed by atoms with Crippen LogP contribution in [0.1, 0.15) is 64.4 Å². The Labute approximate surface area is 352 Å². The van der Waals surface area contributed by atoms with E-state index in [0.29, 0.717) is 29.5 Å². The standard InChI is InChI=1S/C43H48F2N5O10P/c1-3-27-12-17-31(18-13-27)40(54)47-22-8-7-11-33(39(46)53)49-42(56)35(24-29-14-19-32(20-15-29)43(44,45)60-61(57)58)50-41(55)34(23-28-9-5-4-6-10-28)48-38(52)26-30-16-21-36(51)37(25-30)59-2/h4-6,9-10,12-21,25,33-35H,3,7-8,11,22-24,26H2,1-2H3,(H7-,46,47,48,49,50,51,52,53,54,55,56,57,58)/p+1. The van der Waals surface area contributed by atoms with E-state index in [2.05, 4.69) is 25.8 Å². The van der Waals surface area contributed by atoms with Crippen molar-refractivity contribution in [3.63, 3.8) is 0 Å². The number of aryl methyl sites for hydroxylation is 1. The van der Waals surface area contributed by atoms with Crippen LogP contribution in [0.4, 0.5) is 8.78 Å². The molecule has 0 aromatic heterocycles. The van der Waals surface area contributed by atoms with Crippen LogP contribution in [0.15, 0.2) is 97.1 Å². The molecule has 324 valence electrons. The van der Waals surface area contributed by atoms with Crippen LogP contribution < -0.4 is 31.7 Å². The van der Waals surface area contributed by atoms with E-state index in [-0.39, 0.29) is 55.2 Å². The van der Waals surface area contributed by atoms with Gasteiger partial charge in [-0.05, 0) is 88.9 Å². The Hall–Kier alpha value is -6.29. The van der Waals surface area contributed by atoms with Crippen LogP contribution in [-0.4, -0.2) is 71.3 Å². The van der Waals surface area contributed by atoms with E-state index < -0.39 is 61.7 Å². The number of nitrogens with one attached hydrogen (secondary N) is 4. The SMILES string of the molecule is CCc1ccc(C(=O)NCCCCC(NC(=O)C(Cc2ccc(C(F)(F)O[P+](=O)O)cc2)NC(=O)C(Cc2ccccc2)NC(=O)Cc2ccc(O)c(OC)c2)C(N)=O)cc1. The summed E-state index contributed by atoms with van der Waals surface area (Å²) in [6, 6.07) is 20.6. The number of aromatic hydroxyl groups is 1. The molecule has 18 heteroatoms. The number of alkyl halides is 2. The van der Waals surface area contributed by atoms with Gasteiger partial charge in [-0.3, -0.25) is 24.0 Å². The maximum atomic E-state index is 14.4. The van der Waals surface area contributed by atoms with Gasteiger partial charge in [0.25, 0.3) is 5.91 Å². The first-order valence-corrected chi connectivity index (χ1v) is 20.5. The maximum Gasteiger partial charge on any atom is 0.701 e. The number of amides is 5. The Balaban J connectivity index is 1.51. The summed E-state index contributed by atoms with van der Waals surface area (Å²) in [5, 5.41) is 20.7. The second kappa shape index (κ2) is 22.9. The van der Waals surface area contributed by atoms with E-state index in [0.717, 1.165) is 24.1 Å². The molecular formula is C43H49F2N5O10P+. The monoisotopic (exact) mass is 864 g/mol. The van der Waals surface area contributed by atoms with Gasteiger partial charge in [0.05, 0.1) is 19.1 Å². The van der Waals surface area contributed by atoms with E-state index in [9.17, 15) is 42.4 Å². The number of carbonyl (C=O) groups is 5. The largest absolute Gasteiger partial charge is 0.701 e. The summed E-state index contributed by atoms with van der Waals surface area (Å²) in [5.41, 5.74) is 7.89. The van der Waals surface area contributed by atoms with Crippen molar-refractivity contribution in [2.24, 2.45) is 5.73 Å². The number of primary amides is 1. The predicted molar refractivity (Wildman–Crippen MR) is 220 cm³/mol. The number of phenolic OH excluding ortho intramolecular Hbond substituents is 1. The highest BCUT2D eigenvalue weighted by Gasteiger charge is 2.43. The zero-order chi connectivity index (χ0) is 44.5. The molecule has 4 aromatic rings. The summed E-state index contributed by atoms with van der Waals surface area (Å²) in [6.07, 6.45) is -2.92. The van der Waals surface area contributed by atoms with Gasteiger partial charge in [0, 0.05) is 29.5 Å². The van der Waals surface area contributed by atoms with Gasteiger partial charge in [-0.15, -0.1) is 4.89 Å². The number of ether oxygens (including phenoxy) is 1. The van der Waals surface area contributed by atoms with Crippen LogP contribution in [0.5, 0.6) is 11.5 Å². The number of hydrogen-bond acceptors (Lipinski definition) is 9.